The van der Waals surface area contributed by atoms with Gasteiger partial charge in [0.2, 0.25) is 11.8 Å². The fourth-order valence-electron chi connectivity index (χ4n) is 3.08. The van der Waals surface area contributed by atoms with E-state index in [1.807, 2.05) is 22.9 Å². The molecule has 2 aromatic carbocycles. The maximum atomic E-state index is 5.77. The Balaban J connectivity index is 1.63. The minimum absolute atomic E-state index is 0.260. The topological polar surface area (TPSA) is 111 Å². The van der Waals surface area contributed by atoms with Gasteiger partial charge in [-0.2, -0.15) is 10.2 Å². The largest absolute Gasteiger partial charge is 0.366 e. The Morgan fingerprint density at radius 3 is 2.44 bits per heavy atom. The Kier molecular flexibility index (Phi) is 4.37. The number of aromatic amines is 1. The van der Waals surface area contributed by atoms with Crippen LogP contribution in [0.25, 0.3) is 22.5 Å². The molecular weight excluding hydrogens is 340 g/mol. The lowest BCUT2D eigenvalue weighted by atomic mass is 9.98. The maximum absolute atomic E-state index is 5.77. The minimum atomic E-state index is 0.260. The molecule has 0 amide bonds. The van der Waals surface area contributed by atoms with Gasteiger partial charge in [0.05, 0.1) is 6.54 Å². The Morgan fingerprint density at radius 1 is 1.04 bits per heavy atom. The van der Waals surface area contributed by atoms with E-state index in [4.69, 9.17) is 5.73 Å². The van der Waals surface area contributed by atoms with Crippen molar-refractivity contribution in [2.75, 3.05) is 5.73 Å². The summed E-state index contributed by atoms with van der Waals surface area (Å²) in [5, 5.41) is 18.7. The molecular formula is C19H20N8. The van der Waals surface area contributed by atoms with Crippen molar-refractivity contribution in [3.8, 4) is 22.5 Å². The van der Waals surface area contributed by atoms with Crippen LogP contribution in [0.3, 0.4) is 0 Å². The first-order chi connectivity index (χ1) is 13.1. The van der Waals surface area contributed by atoms with E-state index >= 15 is 0 Å². The van der Waals surface area contributed by atoms with Gasteiger partial charge >= 0.3 is 0 Å². The van der Waals surface area contributed by atoms with E-state index in [0.717, 1.165) is 28.1 Å². The van der Waals surface area contributed by atoms with Crippen LogP contribution in [0.1, 0.15) is 31.2 Å². The average molecular weight is 360 g/mol. The summed E-state index contributed by atoms with van der Waals surface area (Å²) in [7, 11) is 0. The van der Waals surface area contributed by atoms with Crippen molar-refractivity contribution in [1.29, 1.82) is 0 Å². The van der Waals surface area contributed by atoms with Crippen LogP contribution < -0.4 is 5.73 Å². The number of nitrogen functional groups attached to an aromatic ring is 1. The van der Waals surface area contributed by atoms with E-state index < -0.39 is 0 Å². The number of anilines is 1. The molecule has 0 saturated heterocycles. The molecule has 0 unspecified atom stereocenters. The summed E-state index contributed by atoms with van der Waals surface area (Å²) in [4.78, 5) is 4.32. The van der Waals surface area contributed by atoms with Gasteiger partial charge in [-0.3, -0.25) is 0 Å². The van der Waals surface area contributed by atoms with Gasteiger partial charge in [0.25, 0.3) is 0 Å². The molecule has 3 N–H and O–H groups in total. The van der Waals surface area contributed by atoms with E-state index in [1.54, 1.807) is 0 Å². The monoisotopic (exact) mass is 360 g/mol. The molecule has 0 atom stereocenters. The number of benzene rings is 2. The summed E-state index contributed by atoms with van der Waals surface area (Å²) in [5.41, 5.74) is 9.97. The first kappa shape index (κ1) is 16.9. The number of aromatic nitrogens is 7. The molecule has 4 aromatic rings. The number of hydrogen-bond acceptors (Lipinski definition) is 6. The average Bonchev–Trinajstić information content (AvgIpc) is 3.32. The van der Waals surface area contributed by atoms with E-state index in [2.05, 4.69) is 74.9 Å². The molecule has 0 radical (unpaired) electrons. The first-order valence-electron chi connectivity index (χ1n) is 8.74. The number of nitrogens with zero attached hydrogens (tertiary/aromatic N) is 6. The van der Waals surface area contributed by atoms with Crippen molar-refractivity contribution in [2.24, 2.45) is 0 Å². The third kappa shape index (κ3) is 3.41. The lowest BCUT2D eigenvalue weighted by Gasteiger charge is -2.10. The summed E-state index contributed by atoms with van der Waals surface area (Å²) >= 11 is 0. The third-order valence-corrected chi connectivity index (χ3v) is 4.34. The third-order valence-electron chi connectivity index (χ3n) is 4.34. The van der Waals surface area contributed by atoms with Gasteiger partial charge < -0.3 is 5.73 Å². The Morgan fingerprint density at radius 2 is 1.78 bits per heavy atom. The number of tetrazole rings is 1. The second kappa shape index (κ2) is 6.99. The van der Waals surface area contributed by atoms with Crippen LogP contribution in [-0.2, 0) is 6.54 Å². The lowest BCUT2D eigenvalue weighted by molar-refractivity contribution is 0.608. The number of rotatable bonds is 5. The Labute approximate surface area is 156 Å². The van der Waals surface area contributed by atoms with E-state index in [9.17, 15) is 0 Å². The summed E-state index contributed by atoms with van der Waals surface area (Å²) in [6, 6.07) is 16.4. The highest BCUT2D eigenvalue weighted by Crippen LogP contribution is 2.29. The molecule has 0 aliphatic rings. The molecule has 8 heteroatoms. The molecule has 8 nitrogen and oxygen atoms in total. The predicted octanol–water partition coefficient (Wildman–Crippen LogP) is 2.88. The molecule has 27 heavy (non-hydrogen) atoms. The quantitative estimate of drug-likeness (QED) is 0.566. The standard InChI is InChI=1S/C19H20N8/c1-12(2)18-21-19(20)24-27(18)11-13-7-9-14(10-8-13)15-5-3-4-6-16(15)17-22-25-26-23-17/h3-10,12H,11H2,1-2H3,(H2,20,24)(H,22,23,25,26). The molecule has 0 bridgehead atoms. The zero-order valence-electron chi connectivity index (χ0n) is 15.2. The van der Waals surface area contributed by atoms with Gasteiger partial charge in [-0.15, -0.1) is 15.3 Å². The van der Waals surface area contributed by atoms with Crippen molar-refractivity contribution < 1.29 is 0 Å². The number of nitrogens with one attached hydrogen (secondary N) is 1. The van der Waals surface area contributed by atoms with Gasteiger partial charge in [0.15, 0.2) is 0 Å². The summed E-state index contributed by atoms with van der Waals surface area (Å²) in [5.74, 6) is 2.04. The SMILES string of the molecule is CC(C)c1nc(N)nn1Cc1ccc(-c2ccccc2-c2nn[nH]n2)cc1. The Bertz CT molecular complexity index is 1030. The predicted molar refractivity (Wildman–Crippen MR) is 103 cm³/mol. The van der Waals surface area contributed by atoms with Crippen LogP contribution in [0.2, 0.25) is 0 Å². The minimum Gasteiger partial charge on any atom is -0.366 e. The summed E-state index contributed by atoms with van der Waals surface area (Å²) in [6.45, 7) is 4.79. The molecule has 136 valence electrons. The molecule has 0 saturated carbocycles. The van der Waals surface area contributed by atoms with Crippen molar-refractivity contribution in [3.05, 3.63) is 59.9 Å². The van der Waals surface area contributed by atoms with Gasteiger partial charge in [0.1, 0.15) is 5.82 Å². The zero-order chi connectivity index (χ0) is 18.8. The van der Waals surface area contributed by atoms with Crippen molar-refractivity contribution in [1.82, 2.24) is 35.4 Å². The lowest BCUT2D eigenvalue weighted by Crippen LogP contribution is -2.08. The van der Waals surface area contributed by atoms with Crippen LogP contribution in [0.5, 0.6) is 0 Å². The highest BCUT2D eigenvalue weighted by atomic mass is 15.5. The van der Waals surface area contributed by atoms with Gasteiger partial charge in [-0.05, 0) is 21.9 Å². The van der Waals surface area contributed by atoms with Crippen molar-refractivity contribution >= 4 is 5.95 Å². The molecule has 2 aromatic heterocycles. The Hall–Kier alpha value is -3.55. The van der Waals surface area contributed by atoms with Crippen LogP contribution in [-0.4, -0.2) is 35.4 Å². The van der Waals surface area contributed by atoms with Gasteiger partial charge in [-0.1, -0.05) is 62.4 Å². The molecule has 4 rings (SSSR count). The molecule has 0 aliphatic carbocycles. The van der Waals surface area contributed by atoms with Crippen LogP contribution in [0, 0.1) is 0 Å². The normalized spacial score (nSPS) is 11.2. The van der Waals surface area contributed by atoms with Gasteiger partial charge in [-0.25, -0.2) is 4.68 Å². The fraction of sp³-hybridized carbons (Fsp3) is 0.211. The zero-order valence-corrected chi connectivity index (χ0v) is 15.2. The van der Waals surface area contributed by atoms with Gasteiger partial charge in [0, 0.05) is 11.5 Å². The van der Waals surface area contributed by atoms with E-state index in [-0.39, 0.29) is 5.92 Å². The molecule has 0 aliphatic heterocycles. The van der Waals surface area contributed by atoms with Crippen LogP contribution in [0.4, 0.5) is 5.95 Å². The fourth-order valence-corrected chi connectivity index (χ4v) is 3.08. The summed E-state index contributed by atoms with van der Waals surface area (Å²) in [6.07, 6.45) is 0. The number of hydrogen-bond donors (Lipinski definition) is 2. The molecule has 0 spiro atoms. The highest BCUT2D eigenvalue weighted by Gasteiger charge is 2.13. The number of H-pyrrole nitrogens is 1. The van der Waals surface area contributed by atoms with E-state index in [1.165, 1.54) is 0 Å². The maximum Gasteiger partial charge on any atom is 0.239 e. The molecule has 0 fully saturated rings. The van der Waals surface area contributed by atoms with Crippen LogP contribution in [0.15, 0.2) is 48.5 Å². The molecule has 2 heterocycles. The highest BCUT2D eigenvalue weighted by molar-refractivity contribution is 5.80. The first-order valence-corrected chi connectivity index (χ1v) is 8.74. The summed E-state index contributed by atoms with van der Waals surface area (Å²) < 4.78 is 1.86. The van der Waals surface area contributed by atoms with E-state index in [0.29, 0.717) is 18.3 Å². The second-order valence-corrected chi connectivity index (χ2v) is 6.62. The smallest absolute Gasteiger partial charge is 0.239 e. The van der Waals surface area contributed by atoms with Crippen LogP contribution >= 0.6 is 0 Å². The second-order valence-electron chi connectivity index (χ2n) is 6.62. The van der Waals surface area contributed by atoms with Crippen molar-refractivity contribution in [2.45, 2.75) is 26.3 Å². The van der Waals surface area contributed by atoms with Crippen molar-refractivity contribution in [3.63, 3.8) is 0 Å². The number of nitrogens with two attached hydrogens (primary N) is 1.